The van der Waals surface area contributed by atoms with E-state index in [2.05, 4.69) is 52.8 Å². The molecule has 0 spiro atoms. The van der Waals surface area contributed by atoms with Gasteiger partial charge in [0, 0.05) is 6.04 Å². The second-order valence-corrected chi connectivity index (χ2v) is 6.89. The smallest absolute Gasteiger partial charge is 0.0555 e. The first-order chi connectivity index (χ1) is 9.45. The molecule has 1 aromatic carbocycles. The standard InChI is InChI=1S/C18H30N2/c1-6-7-14-8-9-15(17-11-16(17)12(2)3)10-18(14)20(19)13(4)5/h8-10,12-13,16-17H,6-7,11,19H2,1-5H3/t16-,17-/m1/s1. The summed E-state index contributed by atoms with van der Waals surface area (Å²) in [5, 5.41) is 1.93. The Morgan fingerprint density at radius 3 is 2.45 bits per heavy atom. The molecule has 0 amide bonds. The molecule has 0 aromatic heterocycles. The highest BCUT2D eigenvalue weighted by Crippen LogP contribution is 2.52. The lowest BCUT2D eigenvalue weighted by Crippen LogP contribution is -2.38. The average molecular weight is 274 g/mol. The van der Waals surface area contributed by atoms with E-state index in [-0.39, 0.29) is 0 Å². The number of benzene rings is 1. The van der Waals surface area contributed by atoms with Crippen molar-refractivity contribution >= 4 is 5.69 Å². The van der Waals surface area contributed by atoms with Gasteiger partial charge in [0.05, 0.1) is 5.69 Å². The van der Waals surface area contributed by atoms with Crippen molar-refractivity contribution < 1.29 is 0 Å². The van der Waals surface area contributed by atoms with Gasteiger partial charge in [0.25, 0.3) is 0 Å². The van der Waals surface area contributed by atoms with Gasteiger partial charge in [0.15, 0.2) is 0 Å². The lowest BCUT2D eigenvalue weighted by molar-refractivity contribution is 0.548. The molecule has 2 N–H and O–H groups in total. The van der Waals surface area contributed by atoms with Crippen LogP contribution >= 0.6 is 0 Å². The average Bonchev–Trinajstić information content (AvgIpc) is 3.19. The molecule has 0 aliphatic heterocycles. The number of nitrogens with two attached hydrogens (primary N) is 1. The third-order valence-corrected chi connectivity index (χ3v) is 4.59. The van der Waals surface area contributed by atoms with E-state index in [0.717, 1.165) is 30.6 Å². The molecule has 2 nitrogen and oxygen atoms in total. The van der Waals surface area contributed by atoms with Crippen molar-refractivity contribution in [2.45, 2.75) is 65.8 Å². The fourth-order valence-electron chi connectivity index (χ4n) is 3.15. The summed E-state index contributed by atoms with van der Waals surface area (Å²) in [4.78, 5) is 0. The molecule has 1 aliphatic carbocycles. The summed E-state index contributed by atoms with van der Waals surface area (Å²) in [6.07, 6.45) is 3.61. The lowest BCUT2D eigenvalue weighted by Gasteiger charge is -2.26. The minimum atomic E-state index is 0.334. The molecule has 2 heteroatoms. The Hall–Kier alpha value is -1.02. The fourth-order valence-corrected chi connectivity index (χ4v) is 3.15. The van der Waals surface area contributed by atoms with Crippen molar-refractivity contribution in [1.82, 2.24) is 0 Å². The molecule has 20 heavy (non-hydrogen) atoms. The second-order valence-electron chi connectivity index (χ2n) is 6.89. The number of hydrogen-bond acceptors (Lipinski definition) is 2. The first kappa shape index (κ1) is 15.4. The molecular weight excluding hydrogens is 244 g/mol. The van der Waals surface area contributed by atoms with E-state index in [1.165, 1.54) is 23.2 Å². The number of aryl methyl sites for hydroxylation is 1. The van der Waals surface area contributed by atoms with Crippen molar-refractivity contribution in [3.8, 4) is 0 Å². The number of anilines is 1. The minimum Gasteiger partial charge on any atom is -0.308 e. The zero-order chi connectivity index (χ0) is 14.9. The summed E-state index contributed by atoms with van der Waals surface area (Å²) in [6.45, 7) is 11.2. The Morgan fingerprint density at radius 1 is 1.25 bits per heavy atom. The molecule has 0 heterocycles. The molecule has 1 saturated carbocycles. The Labute approximate surface area is 124 Å². The van der Waals surface area contributed by atoms with Gasteiger partial charge >= 0.3 is 0 Å². The van der Waals surface area contributed by atoms with Crippen molar-refractivity contribution in [2.75, 3.05) is 5.01 Å². The van der Waals surface area contributed by atoms with Crippen LogP contribution in [0, 0.1) is 11.8 Å². The number of nitrogens with zero attached hydrogens (tertiary/aromatic N) is 1. The topological polar surface area (TPSA) is 29.3 Å². The maximum Gasteiger partial charge on any atom is 0.0555 e. The van der Waals surface area contributed by atoms with Crippen molar-refractivity contribution in [1.29, 1.82) is 0 Å². The summed E-state index contributed by atoms with van der Waals surface area (Å²) in [5.41, 5.74) is 4.10. The van der Waals surface area contributed by atoms with Crippen LogP contribution in [0.3, 0.4) is 0 Å². The van der Waals surface area contributed by atoms with Crippen LogP contribution in [-0.2, 0) is 6.42 Å². The van der Waals surface area contributed by atoms with Gasteiger partial charge in [0.1, 0.15) is 0 Å². The van der Waals surface area contributed by atoms with Gasteiger partial charge in [0.2, 0.25) is 0 Å². The van der Waals surface area contributed by atoms with E-state index < -0.39 is 0 Å². The van der Waals surface area contributed by atoms with Crippen molar-refractivity contribution in [3.05, 3.63) is 29.3 Å². The van der Waals surface area contributed by atoms with Crippen LogP contribution in [-0.4, -0.2) is 6.04 Å². The van der Waals surface area contributed by atoms with Crippen LogP contribution in [0.15, 0.2) is 18.2 Å². The van der Waals surface area contributed by atoms with E-state index in [4.69, 9.17) is 5.84 Å². The summed E-state index contributed by atoms with van der Waals surface area (Å²) < 4.78 is 0. The van der Waals surface area contributed by atoms with Gasteiger partial charge in [-0.3, -0.25) is 0 Å². The van der Waals surface area contributed by atoms with Gasteiger partial charge in [-0.25, -0.2) is 5.84 Å². The quantitative estimate of drug-likeness (QED) is 0.612. The molecule has 1 aromatic rings. The van der Waals surface area contributed by atoms with Crippen molar-refractivity contribution in [3.63, 3.8) is 0 Å². The molecule has 2 rings (SSSR count). The van der Waals surface area contributed by atoms with Crippen LogP contribution in [0.4, 0.5) is 5.69 Å². The highest BCUT2D eigenvalue weighted by molar-refractivity contribution is 5.56. The summed E-state index contributed by atoms with van der Waals surface area (Å²) >= 11 is 0. The lowest BCUT2D eigenvalue weighted by atomic mass is 9.98. The normalized spacial score (nSPS) is 21.6. The van der Waals surface area contributed by atoms with Gasteiger partial charge < -0.3 is 5.01 Å². The second kappa shape index (κ2) is 6.17. The predicted octanol–water partition coefficient (Wildman–Crippen LogP) is 4.49. The zero-order valence-corrected chi connectivity index (χ0v) is 13.7. The minimum absolute atomic E-state index is 0.334. The zero-order valence-electron chi connectivity index (χ0n) is 13.7. The molecule has 0 radical (unpaired) electrons. The van der Waals surface area contributed by atoms with Gasteiger partial charge in [-0.15, -0.1) is 0 Å². The highest BCUT2D eigenvalue weighted by Gasteiger charge is 2.40. The fraction of sp³-hybridized carbons (Fsp3) is 0.667. The van der Waals surface area contributed by atoms with Gasteiger partial charge in [-0.1, -0.05) is 39.3 Å². The van der Waals surface area contributed by atoms with Crippen LogP contribution in [0.25, 0.3) is 0 Å². The monoisotopic (exact) mass is 274 g/mol. The summed E-state index contributed by atoms with van der Waals surface area (Å²) in [7, 11) is 0. The van der Waals surface area contributed by atoms with Crippen LogP contribution in [0.2, 0.25) is 0 Å². The maximum absolute atomic E-state index is 6.29. The maximum atomic E-state index is 6.29. The molecule has 2 atom stereocenters. The SMILES string of the molecule is CCCc1ccc([C@H]2C[C@@H]2C(C)C)cc1N(N)C(C)C. The predicted molar refractivity (Wildman–Crippen MR) is 87.9 cm³/mol. The van der Waals surface area contributed by atoms with E-state index in [9.17, 15) is 0 Å². The van der Waals surface area contributed by atoms with Crippen LogP contribution in [0.5, 0.6) is 0 Å². The molecule has 0 saturated heterocycles. The van der Waals surface area contributed by atoms with Crippen LogP contribution < -0.4 is 10.9 Å². The Bertz CT molecular complexity index is 451. The largest absolute Gasteiger partial charge is 0.308 e. The molecule has 1 fully saturated rings. The number of hydrogen-bond donors (Lipinski definition) is 1. The van der Waals surface area contributed by atoms with Gasteiger partial charge in [-0.05, 0) is 61.6 Å². The molecule has 1 aliphatic rings. The first-order valence-corrected chi connectivity index (χ1v) is 8.12. The highest BCUT2D eigenvalue weighted by atomic mass is 15.4. The number of hydrazine groups is 1. The summed E-state index contributed by atoms with van der Waals surface area (Å²) in [6, 6.07) is 7.31. The first-order valence-electron chi connectivity index (χ1n) is 8.12. The Morgan fingerprint density at radius 2 is 1.95 bits per heavy atom. The molecule has 0 unspecified atom stereocenters. The van der Waals surface area contributed by atoms with Gasteiger partial charge in [-0.2, -0.15) is 0 Å². The Kier molecular flexibility index (Phi) is 4.74. The van der Waals surface area contributed by atoms with E-state index in [0.29, 0.717) is 6.04 Å². The van der Waals surface area contributed by atoms with Crippen LogP contribution in [0.1, 0.15) is 64.5 Å². The Balaban J connectivity index is 2.27. The van der Waals surface area contributed by atoms with E-state index >= 15 is 0 Å². The van der Waals surface area contributed by atoms with E-state index in [1.54, 1.807) is 0 Å². The van der Waals surface area contributed by atoms with Crippen molar-refractivity contribution in [2.24, 2.45) is 17.7 Å². The molecular formula is C18H30N2. The molecule has 0 bridgehead atoms. The van der Waals surface area contributed by atoms with E-state index in [1.807, 2.05) is 5.01 Å². The third kappa shape index (κ3) is 3.17. The third-order valence-electron chi connectivity index (χ3n) is 4.59. The number of rotatable bonds is 6. The summed E-state index contributed by atoms with van der Waals surface area (Å²) in [5.74, 6) is 8.70. The molecule has 112 valence electrons.